The minimum absolute atomic E-state index is 0.0884. The first kappa shape index (κ1) is 26.8. The summed E-state index contributed by atoms with van der Waals surface area (Å²) in [5.41, 5.74) is 4.73. The number of amides is 2. The number of ether oxygens (including phenoxy) is 1. The van der Waals surface area contributed by atoms with Gasteiger partial charge in [-0.1, -0.05) is 29.8 Å². The molecule has 0 fully saturated rings. The number of aromatic amines is 1. The predicted molar refractivity (Wildman–Crippen MR) is 148 cm³/mol. The number of methoxy groups -OCH3 is 1. The number of fused-ring (bicyclic) bond motifs is 1. The third-order valence-corrected chi connectivity index (χ3v) is 7.23. The third-order valence-electron chi connectivity index (χ3n) is 7.23. The maximum absolute atomic E-state index is 14.9. The summed E-state index contributed by atoms with van der Waals surface area (Å²) in [5, 5.41) is 13.4. The van der Waals surface area contributed by atoms with Gasteiger partial charge in [-0.2, -0.15) is 5.10 Å². The van der Waals surface area contributed by atoms with Crippen molar-refractivity contribution in [2.75, 3.05) is 7.11 Å². The highest BCUT2D eigenvalue weighted by atomic mass is 19.1. The number of carbonyl (C=O) groups excluding carboxylic acids is 3. The molecule has 40 heavy (non-hydrogen) atoms. The molecule has 1 aliphatic heterocycles. The lowest BCUT2D eigenvalue weighted by Gasteiger charge is -2.28. The summed E-state index contributed by atoms with van der Waals surface area (Å²) in [4.78, 5) is 39.2. The second-order valence-corrected chi connectivity index (χ2v) is 9.94. The van der Waals surface area contributed by atoms with Crippen LogP contribution in [0.3, 0.4) is 0 Å². The van der Waals surface area contributed by atoms with Gasteiger partial charge < -0.3 is 15.4 Å². The van der Waals surface area contributed by atoms with Crippen molar-refractivity contribution in [2.24, 2.45) is 0 Å². The maximum atomic E-state index is 14.9. The fraction of sp³-hybridized carbons (Fsp3) is 0.226. The highest BCUT2D eigenvalue weighted by molar-refractivity contribution is 6.02. The van der Waals surface area contributed by atoms with Crippen LogP contribution in [0, 0.1) is 12.7 Å². The Morgan fingerprint density at radius 1 is 1.12 bits per heavy atom. The van der Waals surface area contributed by atoms with Crippen molar-refractivity contribution in [1.82, 2.24) is 20.8 Å². The molecule has 1 aliphatic rings. The van der Waals surface area contributed by atoms with Gasteiger partial charge in [-0.05, 0) is 60.9 Å². The molecule has 3 N–H and O–H groups in total. The number of ketones is 1. The van der Waals surface area contributed by atoms with Crippen LogP contribution in [0.15, 0.2) is 71.9 Å². The van der Waals surface area contributed by atoms with Gasteiger partial charge in [0.05, 0.1) is 30.4 Å². The highest BCUT2D eigenvalue weighted by Gasteiger charge is 2.32. The number of carbonyl (C=O) groups is 3. The van der Waals surface area contributed by atoms with Gasteiger partial charge in [-0.3, -0.25) is 19.5 Å². The number of aryl methyl sites for hydroxylation is 1. The van der Waals surface area contributed by atoms with Gasteiger partial charge in [-0.15, -0.1) is 0 Å². The molecule has 0 saturated carbocycles. The van der Waals surface area contributed by atoms with E-state index in [1.165, 1.54) is 18.2 Å². The van der Waals surface area contributed by atoms with E-state index in [1.54, 1.807) is 26.3 Å². The van der Waals surface area contributed by atoms with Crippen LogP contribution >= 0.6 is 0 Å². The molecular formula is C31H29FN4O4. The van der Waals surface area contributed by atoms with Gasteiger partial charge in [0.25, 0.3) is 5.91 Å². The van der Waals surface area contributed by atoms with Crippen LogP contribution in [-0.2, 0) is 22.6 Å². The lowest BCUT2D eigenvalue weighted by Crippen LogP contribution is -2.37. The zero-order chi connectivity index (χ0) is 28.4. The Bertz CT molecular complexity index is 1670. The maximum Gasteiger partial charge on any atom is 0.254 e. The quantitative estimate of drug-likeness (QED) is 0.301. The second-order valence-electron chi connectivity index (χ2n) is 9.94. The normalized spacial score (nSPS) is 15.2. The summed E-state index contributed by atoms with van der Waals surface area (Å²) in [5.74, 6) is -1.11. The molecule has 9 heteroatoms. The Labute approximate surface area is 230 Å². The molecule has 1 unspecified atom stereocenters. The lowest BCUT2D eigenvalue weighted by molar-refractivity contribution is -0.121. The Kier molecular flexibility index (Phi) is 7.46. The molecule has 8 nitrogen and oxygen atoms in total. The van der Waals surface area contributed by atoms with Crippen molar-refractivity contribution >= 4 is 28.5 Å². The van der Waals surface area contributed by atoms with E-state index >= 15 is 0 Å². The van der Waals surface area contributed by atoms with Crippen molar-refractivity contribution in [3.8, 4) is 5.75 Å². The van der Waals surface area contributed by atoms with Crippen LogP contribution in [0.5, 0.6) is 5.75 Å². The summed E-state index contributed by atoms with van der Waals surface area (Å²) in [6, 6.07) is 14.4. The first-order chi connectivity index (χ1) is 19.2. The molecule has 2 amide bonds. The number of hydrogen-bond acceptors (Lipinski definition) is 5. The minimum atomic E-state index is -0.810. The van der Waals surface area contributed by atoms with E-state index < -0.39 is 17.8 Å². The number of hydrogen-bond donors (Lipinski definition) is 3. The van der Waals surface area contributed by atoms with Gasteiger partial charge in [0.2, 0.25) is 5.91 Å². The molecule has 0 bridgehead atoms. The standard InChI is InChI=1S/C31H29FN4O4/c1-17-5-4-6-27(40-3)23(17)16-33-31(39)22-14-20(8-9-24(22)32)30-29(18(2)11-28(38)35-30)26(37)13-19-7-10-25-21(12-19)15-34-36-25/h4-10,12,14-15,30H,11,13,16H2,1-3H3,(H,33,39)(H,34,36)(H,35,38). The van der Waals surface area contributed by atoms with Crippen molar-refractivity contribution in [3.63, 3.8) is 0 Å². The van der Waals surface area contributed by atoms with Crippen molar-refractivity contribution in [2.45, 2.75) is 39.3 Å². The first-order valence-electron chi connectivity index (χ1n) is 12.9. The van der Waals surface area contributed by atoms with Crippen LogP contribution < -0.4 is 15.4 Å². The van der Waals surface area contributed by atoms with Gasteiger partial charge in [0.15, 0.2) is 5.78 Å². The van der Waals surface area contributed by atoms with E-state index in [-0.39, 0.29) is 36.6 Å². The molecule has 204 valence electrons. The Balaban J connectivity index is 1.41. The molecule has 5 rings (SSSR count). The number of Topliss-reactive ketones (excluding diaryl/α,β-unsaturated/α-hetero) is 1. The fourth-order valence-corrected chi connectivity index (χ4v) is 5.15. The Morgan fingerprint density at radius 3 is 2.75 bits per heavy atom. The zero-order valence-corrected chi connectivity index (χ0v) is 22.4. The highest BCUT2D eigenvalue weighted by Crippen LogP contribution is 2.32. The topological polar surface area (TPSA) is 113 Å². The van der Waals surface area contributed by atoms with E-state index in [9.17, 15) is 18.8 Å². The fourth-order valence-electron chi connectivity index (χ4n) is 5.15. The number of halogens is 1. The number of benzene rings is 3. The van der Waals surface area contributed by atoms with E-state index in [0.717, 1.165) is 27.6 Å². The summed E-state index contributed by atoms with van der Waals surface area (Å²) in [7, 11) is 1.55. The number of H-pyrrole nitrogens is 1. The molecule has 0 saturated heterocycles. The second kappa shape index (κ2) is 11.1. The van der Waals surface area contributed by atoms with Crippen LogP contribution in [0.25, 0.3) is 10.9 Å². The van der Waals surface area contributed by atoms with Crippen molar-refractivity contribution in [1.29, 1.82) is 0 Å². The first-order valence-corrected chi connectivity index (χ1v) is 12.9. The van der Waals surface area contributed by atoms with E-state index in [4.69, 9.17) is 4.74 Å². The average molecular weight is 541 g/mol. The molecule has 0 spiro atoms. The number of rotatable bonds is 8. The zero-order valence-electron chi connectivity index (χ0n) is 22.4. The van der Waals surface area contributed by atoms with E-state index in [1.807, 2.05) is 37.3 Å². The van der Waals surface area contributed by atoms with Gasteiger partial charge in [0.1, 0.15) is 11.6 Å². The summed E-state index contributed by atoms with van der Waals surface area (Å²) in [6.07, 6.45) is 1.90. The van der Waals surface area contributed by atoms with Crippen LogP contribution in [0.1, 0.15) is 52.0 Å². The van der Waals surface area contributed by atoms with Gasteiger partial charge >= 0.3 is 0 Å². The molecule has 2 heterocycles. The summed E-state index contributed by atoms with van der Waals surface area (Å²) in [6.45, 7) is 3.80. The number of aromatic nitrogens is 2. The minimum Gasteiger partial charge on any atom is -0.496 e. The number of nitrogens with one attached hydrogen (secondary N) is 3. The van der Waals surface area contributed by atoms with Crippen molar-refractivity contribution in [3.05, 3.63) is 106 Å². The molecule has 1 atom stereocenters. The van der Waals surface area contributed by atoms with Crippen molar-refractivity contribution < 1.29 is 23.5 Å². The summed E-state index contributed by atoms with van der Waals surface area (Å²) >= 11 is 0. The van der Waals surface area contributed by atoms with Crippen LogP contribution in [-0.4, -0.2) is 34.9 Å². The SMILES string of the molecule is COc1cccc(C)c1CNC(=O)c1cc(C2NC(=O)CC(C)=C2C(=O)Cc2ccc3[nH]ncc3c2)ccc1F. The molecule has 0 aliphatic carbocycles. The molecule has 3 aromatic carbocycles. The predicted octanol–water partition coefficient (Wildman–Crippen LogP) is 4.64. The number of nitrogens with zero attached hydrogens (tertiary/aromatic N) is 1. The summed E-state index contributed by atoms with van der Waals surface area (Å²) < 4.78 is 20.3. The molecule has 1 aromatic heterocycles. The average Bonchev–Trinajstić information content (AvgIpc) is 3.39. The largest absolute Gasteiger partial charge is 0.496 e. The van der Waals surface area contributed by atoms with Gasteiger partial charge in [0, 0.05) is 35.9 Å². The molecule has 4 aromatic rings. The van der Waals surface area contributed by atoms with Crippen LogP contribution in [0.4, 0.5) is 4.39 Å². The lowest BCUT2D eigenvalue weighted by atomic mass is 9.85. The van der Waals surface area contributed by atoms with E-state index in [2.05, 4.69) is 20.8 Å². The molecular weight excluding hydrogens is 511 g/mol. The third kappa shape index (κ3) is 5.36. The Morgan fingerprint density at radius 2 is 1.95 bits per heavy atom. The van der Waals surface area contributed by atoms with E-state index in [0.29, 0.717) is 22.5 Å². The Hall–Kier alpha value is -4.79. The monoisotopic (exact) mass is 540 g/mol. The molecule has 0 radical (unpaired) electrons. The smallest absolute Gasteiger partial charge is 0.254 e. The van der Waals surface area contributed by atoms with Gasteiger partial charge in [-0.25, -0.2) is 4.39 Å². The van der Waals surface area contributed by atoms with Crippen LogP contribution in [0.2, 0.25) is 0 Å².